The van der Waals surface area contributed by atoms with Crippen molar-refractivity contribution in [2.75, 3.05) is 18.4 Å². The summed E-state index contributed by atoms with van der Waals surface area (Å²) in [4.78, 5) is 6.79. The van der Waals surface area contributed by atoms with Crippen LogP contribution in [0.25, 0.3) is 0 Å². The highest BCUT2D eigenvalue weighted by Gasteiger charge is 2.20. The Hall–Kier alpha value is -1.91. The predicted molar refractivity (Wildman–Crippen MR) is 88.6 cm³/mol. The number of aliphatic hydroxyl groups excluding tert-OH is 1. The number of β-amino-alcohol motifs (C(OH)–C–C–N with tert-alkyl or cyclic N) is 1. The lowest BCUT2D eigenvalue weighted by atomic mass is 10.1. The summed E-state index contributed by atoms with van der Waals surface area (Å²) in [7, 11) is 0. The Morgan fingerprint density at radius 1 is 1.18 bits per heavy atom. The van der Waals surface area contributed by atoms with Gasteiger partial charge < -0.3 is 10.4 Å². The molecule has 1 saturated heterocycles. The van der Waals surface area contributed by atoms with Gasteiger partial charge in [0.15, 0.2) is 0 Å². The lowest BCUT2D eigenvalue weighted by Gasteiger charge is -2.18. The van der Waals surface area contributed by atoms with E-state index in [1.54, 1.807) is 0 Å². The molecule has 0 bridgehead atoms. The number of pyridine rings is 1. The minimum Gasteiger partial charge on any atom is -0.392 e. The van der Waals surface area contributed by atoms with Gasteiger partial charge in [0.2, 0.25) is 0 Å². The highest BCUT2D eigenvalue weighted by Crippen LogP contribution is 2.17. The number of likely N-dealkylation sites (tertiary alicyclic amines) is 1. The number of hydrogen-bond donors (Lipinski definition) is 2. The topological polar surface area (TPSA) is 48.4 Å². The average molecular weight is 297 g/mol. The van der Waals surface area contributed by atoms with Crippen molar-refractivity contribution < 1.29 is 5.11 Å². The molecular weight excluding hydrogens is 274 g/mol. The molecule has 0 saturated carbocycles. The van der Waals surface area contributed by atoms with Crippen molar-refractivity contribution in [3.63, 3.8) is 0 Å². The maximum absolute atomic E-state index is 9.66. The van der Waals surface area contributed by atoms with E-state index >= 15 is 0 Å². The van der Waals surface area contributed by atoms with Gasteiger partial charge in [-0.05, 0) is 36.6 Å². The van der Waals surface area contributed by atoms with Crippen molar-refractivity contribution >= 4 is 5.82 Å². The molecule has 1 aliphatic rings. The molecule has 2 heterocycles. The zero-order chi connectivity index (χ0) is 15.4. The number of aromatic nitrogens is 1. The first-order chi connectivity index (χ1) is 10.7. The van der Waals surface area contributed by atoms with Crippen molar-refractivity contribution in [2.24, 2.45) is 0 Å². The van der Waals surface area contributed by atoms with Crippen LogP contribution in [0, 0.1) is 6.92 Å². The molecule has 1 unspecified atom stereocenters. The van der Waals surface area contributed by atoms with E-state index in [0.717, 1.165) is 44.1 Å². The maximum atomic E-state index is 9.66. The summed E-state index contributed by atoms with van der Waals surface area (Å²) in [5, 5.41) is 13.1. The number of aliphatic hydroxyl groups is 1. The number of rotatable bonds is 5. The second kappa shape index (κ2) is 6.90. The van der Waals surface area contributed by atoms with Crippen LogP contribution in [-0.2, 0) is 13.1 Å². The van der Waals surface area contributed by atoms with Crippen molar-refractivity contribution in [3.8, 4) is 0 Å². The van der Waals surface area contributed by atoms with Crippen molar-refractivity contribution in [3.05, 3.63) is 59.3 Å². The number of benzene rings is 1. The fourth-order valence-corrected chi connectivity index (χ4v) is 2.91. The van der Waals surface area contributed by atoms with E-state index < -0.39 is 0 Å². The maximum Gasteiger partial charge on any atom is 0.126 e. The first-order valence-corrected chi connectivity index (χ1v) is 7.85. The molecule has 0 radical (unpaired) electrons. The normalized spacial score (nSPS) is 18.5. The van der Waals surface area contributed by atoms with Gasteiger partial charge in [0.1, 0.15) is 5.82 Å². The molecule has 4 heteroatoms. The summed E-state index contributed by atoms with van der Waals surface area (Å²) in [6, 6.07) is 14.5. The summed E-state index contributed by atoms with van der Waals surface area (Å²) in [6.45, 7) is 5.42. The summed E-state index contributed by atoms with van der Waals surface area (Å²) < 4.78 is 0. The fraction of sp³-hybridized carbons (Fsp3) is 0.389. The molecule has 0 aliphatic carbocycles. The second-order valence-electron chi connectivity index (χ2n) is 5.96. The van der Waals surface area contributed by atoms with Crippen LogP contribution in [0.4, 0.5) is 5.82 Å². The van der Waals surface area contributed by atoms with Gasteiger partial charge in [-0.1, -0.05) is 30.3 Å². The van der Waals surface area contributed by atoms with Gasteiger partial charge in [-0.25, -0.2) is 4.98 Å². The standard InChI is InChI=1S/C18H23N3O/c1-14-5-4-8-18(20-14)19-11-15-6-2-3-7-16(15)12-21-10-9-17(22)13-21/h2-8,17,22H,9-13H2,1H3,(H,19,20). The largest absolute Gasteiger partial charge is 0.392 e. The lowest BCUT2D eigenvalue weighted by Crippen LogP contribution is -2.22. The Bertz CT molecular complexity index is 629. The quantitative estimate of drug-likeness (QED) is 0.890. The molecule has 1 aromatic carbocycles. The van der Waals surface area contributed by atoms with Gasteiger partial charge in [-0.3, -0.25) is 4.90 Å². The van der Waals surface area contributed by atoms with Gasteiger partial charge >= 0.3 is 0 Å². The van der Waals surface area contributed by atoms with E-state index in [1.807, 2.05) is 25.1 Å². The zero-order valence-corrected chi connectivity index (χ0v) is 13.0. The van der Waals surface area contributed by atoms with Gasteiger partial charge in [0, 0.05) is 31.9 Å². The molecule has 0 amide bonds. The summed E-state index contributed by atoms with van der Waals surface area (Å²) in [6.07, 6.45) is 0.718. The Morgan fingerprint density at radius 3 is 2.73 bits per heavy atom. The van der Waals surface area contributed by atoms with Gasteiger partial charge in [0.05, 0.1) is 6.10 Å². The third-order valence-corrected chi connectivity index (χ3v) is 4.11. The molecule has 2 N–H and O–H groups in total. The van der Waals surface area contributed by atoms with Gasteiger partial charge in [0.25, 0.3) is 0 Å². The third-order valence-electron chi connectivity index (χ3n) is 4.11. The van der Waals surface area contributed by atoms with Gasteiger partial charge in [-0.2, -0.15) is 0 Å². The Morgan fingerprint density at radius 2 is 2.00 bits per heavy atom. The van der Waals surface area contributed by atoms with Gasteiger partial charge in [-0.15, -0.1) is 0 Å². The number of hydrogen-bond acceptors (Lipinski definition) is 4. The van der Waals surface area contributed by atoms with Crippen LogP contribution in [0.2, 0.25) is 0 Å². The van der Waals surface area contributed by atoms with E-state index in [-0.39, 0.29) is 6.10 Å². The third kappa shape index (κ3) is 3.84. The molecule has 1 fully saturated rings. The molecule has 2 aromatic rings. The Labute approximate surface area is 131 Å². The van der Waals surface area contributed by atoms with Crippen LogP contribution in [0.1, 0.15) is 23.2 Å². The number of nitrogens with zero attached hydrogens (tertiary/aromatic N) is 2. The van der Waals surface area contributed by atoms with Crippen LogP contribution in [0.15, 0.2) is 42.5 Å². The molecule has 116 valence electrons. The molecule has 1 aliphatic heterocycles. The van der Waals surface area contributed by atoms with Crippen molar-refractivity contribution in [1.82, 2.24) is 9.88 Å². The average Bonchev–Trinajstić information content (AvgIpc) is 2.92. The summed E-state index contributed by atoms with van der Waals surface area (Å²) >= 11 is 0. The first-order valence-electron chi connectivity index (χ1n) is 7.85. The second-order valence-corrected chi connectivity index (χ2v) is 5.96. The molecule has 0 spiro atoms. The van der Waals surface area contributed by atoms with Crippen molar-refractivity contribution in [1.29, 1.82) is 0 Å². The zero-order valence-electron chi connectivity index (χ0n) is 13.0. The SMILES string of the molecule is Cc1cccc(NCc2ccccc2CN2CCC(O)C2)n1. The monoisotopic (exact) mass is 297 g/mol. The fourth-order valence-electron chi connectivity index (χ4n) is 2.91. The molecule has 4 nitrogen and oxygen atoms in total. The molecule has 1 atom stereocenters. The van der Waals surface area contributed by atoms with Crippen LogP contribution in [-0.4, -0.2) is 34.2 Å². The predicted octanol–water partition coefficient (Wildman–Crippen LogP) is 2.57. The Balaban J connectivity index is 1.66. The molecule has 22 heavy (non-hydrogen) atoms. The van der Waals surface area contributed by atoms with Crippen molar-refractivity contribution in [2.45, 2.75) is 32.5 Å². The lowest BCUT2D eigenvalue weighted by molar-refractivity contribution is 0.174. The first kappa shape index (κ1) is 15.0. The summed E-state index contributed by atoms with van der Waals surface area (Å²) in [5.41, 5.74) is 3.62. The van der Waals surface area contributed by atoms with E-state index in [9.17, 15) is 5.11 Å². The van der Waals surface area contributed by atoms with E-state index in [0.29, 0.717) is 0 Å². The highest BCUT2D eigenvalue weighted by atomic mass is 16.3. The van der Waals surface area contributed by atoms with E-state index in [2.05, 4.69) is 39.5 Å². The highest BCUT2D eigenvalue weighted by molar-refractivity contribution is 5.38. The Kier molecular flexibility index (Phi) is 4.71. The molecule has 3 rings (SSSR count). The van der Waals surface area contributed by atoms with E-state index in [1.165, 1.54) is 11.1 Å². The number of anilines is 1. The smallest absolute Gasteiger partial charge is 0.126 e. The summed E-state index contributed by atoms with van der Waals surface area (Å²) in [5.74, 6) is 0.909. The van der Waals surface area contributed by atoms with Crippen LogP contribution in [0.5, 0.6) is 0 Å². The van der Waals surface area contributed by atoms with E-state index in [4.69, 9.17) is 0 Å². The van der Waals surface area contributed by atoms with Crippen LogP contribution >= 0.6 is 0 Å². The van der Waals surface area contributed by atoms with Crippen LogP contribution in [0.3, 0.4) is 0 Å². The number of nitrogens with one attached hydrogen (secondary N) is 1. The van der Waals surface area contributed by atoms with Crippen LogP contribution < -0.4 is 5.32 Å². The minimum absolute atomic E-state index is 0.165. The minimum atomic E-state index is -0.165. The molecular formula is C18H23N3O. The molecule has 1 aromatic heterocycles. The number of aryl methyl sites for hydroxylation is 1.